The summed E-state index contributed by atoms with van der Waals surface area (Å²) in [5, 5.41) is 2.45. The fourth-order valence-corrected chi connectivity index (χ4v) is 3.29. The maximum absolute atomic E-state index is 11.7. The normalized spacial score (nSPS) is 35.5. The first-order valence-corrected chi connectivity index (χ1v) is 5.26. The molecule has 0 aromatic rings. The van der Waals surface area contributed by atoms with Gasteiger partial charge in [0, 0.05) is 0 Å². The number of allylic oxidation sites excluding steroid dienone is 4. The SMILES string of the molecule is O=C1NC(=O)C2C3=C4C=CC4=C(CC3)C12. The minimum atomic E-state index is -0.176. The van der Waals surface area contributed by atoms with Crippen molar-refractivity contribution in [3.8, 4) is 0 Å². The van der Waals surface area contributed by atoms with E-state index in [1.54, 1.807) is 0 Å². The van der Waals surface area contributed by atoms with Crippen LogP contribution in [0.5, 0.6) is 0 Å². The Morgan fingerprint density at radius 1 is 0.933 bits per heavy atom. The number of carbonyl (C=O) groups excluding carboxylic acids is 2. The molecule has 0 aromatic carbocycles. The Kier molecular flexibility index (Phi) is 1.08. The third-order valence-electron chi connectivity index (χ3n) is 3.96. The van der Waals surface area contributed by atoms with Gasteiger partial charge in [-0.1, -0.05) is 12.2 Å². The number of hydrogen-bond donors (Lipinski definition) is 1. The largest absolute Gasteiger partial charge is 0.295 e. The summed E-state index contributed by atoms with van der Waals surface area (Å²) in [4.78, 5) is 23.3. The fraction of sp³-hybridized carbons (Fsp3) is 0.333. The van der Waals surface area contributed by atoms with E-state index in [2.05, 4.69) is 17.5 Å². The molecule has 2 bridgehead atoms. The highest BCUT2D eigenvalue weighted by Gasteiger charge is 2.52. The minimum absolute atomic E-state index is 0.0935. The van der Waals surface area contributed by atoms with Crippen LogP contribution in [-0.4, -0.2) is 11.8 Å². The zero-order valence-electron chi connectivity index (χ0n) is 8.04. The van der Waals surface area contributed by atoms with Gasteiger partial charge in [0.2, 0.25) is 11.8 Å². The zero-order chi connectivity index (χ0) is 10.2. The molecule has 3 heteroatoms. The molecule has 2 atom stereocenters. The van der Waals surface area contributed by atoms with Gasteiger partial charge in [-0.25, -0.2) is 0 Å². The second kappa shape index (κ2) is 2.13. The average Bonchev–Trinajstić information content (AvgIpc) is 2.44. The number of fused-ring (bicyclic) bond motifs is 1. The van der Waals surface area contributed by atoms with Gasteiger partial charge in [-0.3, -0.25) is 14.9 Å². The predicted molar refractivity (Wildman–Crippen MR) is 52.6 cm³/mol. The average molecular weight is 199 g/mol. The van der Waals surface area contributed by atoms with E-state index in [1.165, 1.54) is 22.3 Å². The van der Waals surface area contributed by atoms with Crippen molar-refractivity contribution in [1.82, 2.24) is 5.32 Å². The summed E-state index contributed by atoms with van der Waals surface area (Å²) in [5.41, 5.74) is 4.86. The van der Waals surface area contributed by atoms with Crippen molar-refractivity contribution >= 4 is 11.8 Å². The number of rotatable bonds is 0. The zero-order valence-corrected chi connectivity index (χ0v) is 8.04. The van der Waals surface area contributed by atoms with Crippen LogP contribution in [0.15, 0.2) is 34.4 Å². The highest BCUT2D eigenvalue weighted by molar-refractivity contribution is 6.09. The van der Waals surface area contributed by atoms with Gasteiger partial charge in [0.1, 0.15) is 0 Å². The molecule has 1 heterocycles. The standard InChI is InChI=1S/C12H9NO2/c14-11-9-7-3-4-8(6-2-1-5(6)7)10(9)12(15)13-11/h1-2,9-10H,3-4H2,(H,13,14,15). The Bertz CT molecular complexity index is 476. The first-order valence-electron chi connectivity index (χ1n) is 5.26. The van der Waals surface area contributed by atoms with Crippen LogP contribution in [0.2, 0.25) is 0 Å². The monoisotopic (exact) mass is 199 g/mol. The molecule has 0 spiro atoms. The van der Waals surface area contributed by atoms with Crippen LogP contribution in [0.25, 0.3) is 0 Å². The van der Waals surface area contributed by atoms with Crippen LogP contribution in [0.4, 0.5) is 0 Å². The Labute approximate surface area is 86.5 Å². The van der Waals surface area contributed by atoms with Gasteiger partial charge in [0.15, 0.2) is 0 Å². The molecule has 1 saturated heterocycles. The van der Waals surface area contributed by atoms with E-state index < -0.39 is 0 Å². The number of hydrogen-bond acceptors (Lipinski definition) is 2. The van der Waals surface area contributed by atoms with E-state index in [9.17, 15) is 9.59 Å². The highest BCUT2D eigenvalue weighted by Crippen LogP contribution is 2.53. The molecule has 5 rings (SSSR count). The lowest BCUT2D eigenvalue weighted by atomic mass is 9.62. The Balaban J connectivity index is 2.01. The first-order chi connectivity index (χ1) is 7.27. The predicted octanol–water partition coefficient (Wildman–Crippen LogP) is 0.846. The maximum Gasteiger partial charge on any atom is 0.234 e. The lowest BCUT2D eigenvalue weighted by Crippen LogP contribution is -2.33. The molecule has 2 fully saturated rings. The summed E-state index contributed by atoms with van der Waals surface area (Å²) in [7, 11) is 0. The molecular weight excluding hydrogens is 190 g/mol. The Hall–Kier alpha value is -1.64. The topological polar surface area (TPSA) is 46.2 Å². The summed E-state index contributed by atoms with van der Waals surface area (Å²) >= 11 is 0. The summed E-state index contributed by atoms with van der Waals surface area (Å²) in [6, 6.07) is 0. The molecule has 0 aromatic heterocycles. The van der Waals surface area contributed by atoms with E-state index in [0.29, 0.717) is 0 Å². The number of imide groups is 1. The van der Waals surface area contributed by atoms with Gasteiger partial charge in [0.05, 0.1) is 11.8 Å². The summed E-state index contributed by atoms with van der Waals surface area (Å²) in [6.07, 6.45) is 6.05. The quantitative estimate of drug-likeness (QED) is 0.588. The van der Waals surface area contributed by atoms with Gasteiger partial charge < -0.3 is 0 Å². The van der Waals surface area contributed by atoms with Crippen LogP contribution in [0.1, 0.15) is 12.8 Å². The maximum atomic E-state index is 11.7. The van der Waals surface area contributed by atoms with Crippen molar-refractivity contribution in [1.29, 1.82) is 0 Å². The molecule has 1 aliphatic heterocycles. The summed E-state index contributed by atoms with van der Waals surface area (Å²) in [6.45, 7) is 0. The molecular formula is C12H9NO2. The van der Waals surface area contributed by atoms with Crippen molar-refractivity contribution in [3.05, 3.63) is 34.4 Å². The van der Waals surface area contributed by atoms with E-state index in [4.69, 9.17) is 0 Å². The second-order valence-electron chi connectivity index (χ2n) is 4.52. The van der Waals surface area contributed by atoms with Crippen LogP contribution < -0.4 is 5.32 Å². The van der Waals surface area contributed by atoms with Crippen molar-refractivity contribution in [3.63, 3.8) is 0 Å². The Morgan fingerprint density at radius 3 is 1.80 bits per heavy atom. The first kappa shape index (κ1) is 7.63. The van der Waals surface area contributed by atoms with Crippen LogP contribution in [0, 0.1) is 11.8 Å². The number of carbonyl (C=O) groups is 2. The Morgan fingerprint density at radius 2 is 1.40 bits per heavy atom. The van der Waals surface area contributed by atoms with Gasteiger partial charge >= 0.3 is 0 Å². The van der Waals surface area contributed by atoms with E-state index in [0.717, 1.165) is 12.8 Å². The molecule has 5 aliphatic rings. The molecule has 2 amide bonds. The van der Waals surface area contributed by atoms with Crippen molar-refractivity contribution in [2.45, 2.75) is 12.8 Å². The molecule has 1 N–H and O–H groups in total. The lowest BCUT2D eigenvalue weighted by molar-refractivity contribution is -0.125. The van der Waals surface area contributed by atoms with Gasteiger partial charge in [0.25, 0.3) is 0 Å². The minimum Gasteiger partial charge on any atom is -0.295 e. The molecule has 2 unspecified atom stereocenters. The van der Waals surface area contributed by atoms with Crippen LogP contribution in [-0.2, 0) is 9.59 Å². The summed E-state index contributed by atoms with van der Waals surface area (Å²) in [5.74, 6) is -0.539. The van der Waals surface area contributed by atoms with Crippen LogP contribution >= 0.6 is 0 Å². The van der Waals surface area contributed by atoms with Crippen molar-refractivity contribution < 1.29 is 9.59 Å². The smallest absolute Gasteiger partial charge is 0.234 e. The molecule has 15 heavy (non-hydrogen) atoms. The molecule has 4 aliphatic carbocycles. The molecule has 0 radical (unpaired) electrons. The number of nitrogens with one attached hydrogen (secondary N) is 1. The van der Waals surface area contributed by atoms with Gasteiger partial charge in [-0.05, 0) is 35.1 Å². The number of amides is 2. The van der Waals surface area contributed by atoms with Crippen LogP contribution in [0.3, 0.4) is 0 Å². The highest BCUT2D eigenvalue weighted by atomic mass is 16.2. The molecule has 1 saturated carbocycles. The summed E-state index contributed by atoms with van der Waals surface area (Å²) < 4.78 is 0. The van der Waals surface area contributed by atoms with Gasteiger partial charge in [-0.15, -0.1) is 0 Å². The fourth-order valence-electron chi connectivity index (χ4n) is 3.29. The van der Waals surface area contributed by atoms with Gasteiger partial charge in [-0.2, -0.15) is 0 Å². The van der Waals surface area contributed by atoms with E-state index in [-0.39, 0.29) is 23.7 Å². The molecule has 3 nitrogen and oxygen atoms in total. The van der Waals surface area contributed by atoms with Crippen molar-refractivity contribution in [2.24, 2.45) is 11.8 Å². The lowest BCUT2D eigenvalue weighted by Gasteiger charge is -2.39. The van der Waals surface area contributed by atoms with Crippen molar-refractivity contribution in [2.75, 3.05) is 0 Å². The van der Waals surface area contributed by atoms with E-state index >= 15 is 0 Å². The second-order valence-corrected chi connectivity index (χ2v) is 4.52. The molecule has 74 valence electrons. The third kappa shape index (κ3) is 0.674. The third-order valence-corrected chi connectivity index (χ3v) is 3.96. The van der Waals surface area contributed by atoms with E-state index in [1.807, 2.05) is 0 Å².